The van der Waals surface area contributed by atoms with Gasteiger partial charge in [-0.25, -0.2) is 4.79 Å². The lowest BCUT2D eigenvalue weighted by atomic mass is 10.1. The van der Waals surface area contributed by atoms with Crippen LogP contribution >= 0.6 is 11.8 Å². The summed E-state index contributed by atoms with van der Waals surface area (Å²) in [4.78, 5) is 40.6. The van der Waals surface area contributed by atoms with E-state index in [9.17, 15) is 14.4 Å². The molecule has 0 spiro atoms. The number of hydrogen-bond donors (Lipinski definition) is 0. The largest absolute Gasteiger partial charge is 0.496 e. The number of furan rings is 1. The Balaban J connectivity index is 1.52. The molecule has 2 amide bonds. The topological polar surface area (TPSA) is 89.3 Å². The van der Waals surface area contributed by atoms with Crippen molar-refractivity contribution in [3.63, 3.8) is 0 Å². The Morgan fingerprint density at radius 2 is 1.91 bits per heavy atom. The molecule has 3 heterocycles. The lowest BCUT2D eigenvalue weighted by Crippen LogP contribution is -2.29. The molecular weight excluding hydrogens is 432 g/mol. The van der Waals surface area contributed by atoms with Crippen LogP contribution in [0.3, 0.4) is 0 Å². The van der Waals surface area contributed by atoms with Crippen LogP contribution in [0.5, 0.6) is 5.75 Å². The van der Waals surface area contributed by atoms with Gasteiger partial charge in [0, 0.05) is 30.4 Å². The Morgan fingerprint density at radius 3 is 2.62 bits per heavy atom. The van der Waals surface area contributed by atoms with Gasteiger partial charge in [-0.3, -0.25) is 14.5 Å². The van der Waals surface area contributed by atoms with Crippen molar-refractivity contribution in [3.8, 4) is 5.75 Å². The normalized spacial score (nSPS) is 17.9. The van der Waals surface area contributed by atoms with E-state index in [0.717, 1.165) is 41.0 Å². The Morgan fingerprint density at radius 1 is 1.12 bits per heavy atom. The van der Waals surface area contributed by atoms with Gasteiger partial charge in [0.1, 0.15) is 11.5 Å². The number of anilines is 1. The third-order valence-electron chi connectivity index (χ3n) is 5.46. The second kappa shape index (κ2) is 9.52. The van der Waals surface area contributed by atoms with Gasteiger partial charge in [0.15, 0.2) is 0 Å². The number of methoxy groups -OCH3 is 2. The first kappa shape index (κ1) is 22.0. The van der Waals surface area contributed by atoms with Crippen molar-refractivity contribution >= 4 is 40.6 Å². The van der Waals surface area contributed by atoms with E-state index >= 15 is 0 Å². The summed E-state index contributed by atoms with van der Waals surface area (Å²) in [7, 11) is 2.84. The molecule has 32 heavy (non-hydrogen) atoms. The molecule has 2 saturated heterocycles. The van der Waals surface area contributed by atoms with Gasteiger partial charge >= 0.3 is 5.97 Å². The van der Waals surface area contributed by atoms with Crippen molar-refractivity contribution in [2.45, 2.75) is 25.8 Å². The number of hydrogen-bond acceptors (Lipinski definition) is 8. The van der Waals surface area contributed by atoms with Gasteiger partial charge in [-0.1, -0.05) is 0 Å². The number of carbonyl (C=O) groups excluding carboxylic acids is 3. The lowest BCUT2D eigenvalue weighted by molar-refractivity contribution is -0.123. The Labute approximate surface area is 190 Å². The maximum absolute atomic E-state index is 12.9. The number of rotatable bonds is 6. The highest BCUT2D eigenvalue weighted by atomic mass is 32.2. The summed E-state index contributed by atoms with van der Waals surface area (Å²) in [6, 6.07) is 8.89. The number of ether oxygens (including phenoxy) is 2. The Kier molecular flexibility index (Phi) is 6.55. The highest BCUT2D eigenvalue weighted by molar-refractivity contribution is 8.18. The molecule has 0 radical (unpaired) electrons. The molecule has 2 fully saturated rings. The first-order chi connectivity index (χ1) is 15.5. The number of thioether (sulfide) groups is 1. The molecular formula is C23H24N2O6S. The fraction of sp³-hybridized carbons (Fsp3) is 0.348. The summed E-state index contributed by atoms with van der Waals surface area (Å²) in [6.07, 6.45) is 5.28. The van der Waals surface area contributed by atoms with Crippen molar-refractivity contribution in [1.29, 1.82) is 0 Å². The summed E-state index contributed by atoms with van der Waals surface area (Å²) in [5, 5.41) is -0.402. The van der Waals surface area contributed by atoms with E-state index in [4.69, 9.17) is 9.15 Å². The van der Waals surface area contributed by atoms with Crippen molar-refractivity contribution in [3.05, 3.63) is 52.3 Å². The molecule has 1 aromatic heterocycles. The third kappa shape index (κ3) is 4.52. The van der Waals surface area contributed by atoms with E-state index in [2.05, 4.69) is 9.64 Å². The molecule has 0 bridgehead atoms. The molecule has 0 N–H and O–H groups in total. The summed E-state index contributed by atoms with van der Waals surface area (Å²) < 4.78 is 15.5. The van der Waals surface area contributed by atoms with Gasteiger partial charge in [-0.15, -0.1) is 0 Å². The van der Waals surface area contributed by atoms with Gasteiger partial charge in [-0.2, -0.15) is 0 Å². The van der Waals surface area contributed by atoms with Gasteiger partial charge < -0.3 is 18.8 Å². The second-order valence-electron chi connectivity index (χ2n) is 7.50. The zero-order valence-electron chi connectivity index (χ0n) is 18.0. The van der Waals surface area contributed by atoms with Crippen LogP contribution in [0.1, 0.15) is 41.1 Å². The van der Waals surface area contributed by atoms with Crippen LogP contribution < -0.4 is 9.64 Å². The first-order valence-corrected chi connectivity index (χ1v) is 11.2. The number of benzene rings is 1. The minimum absolute atomic E-state index is 0.0172. The fourth-order valence-corrected chi connectivity index (χ4v) is 4.60. The number of carbonyl (C=O) groups is 3. The van der Waals surface area contributed by atoms with E-state index < -0.39 is 17.1 Å². The van der Waals surface area contributed by atoms with E-state index in [1.807, 2.05) is 18.2 Å². The first-order valence-electron chi connectivity index (χ1n) is 10.4. The van der Waals surface area contributed by atoms with E-state index in [0.29, 0.717) is 16.4 Å². The van der Waals surface area contributed by atoms with E-state index in [1.54, 1.807) is 19.3 Å². The summed E-state index contributed by atoms with van der Waals surface area (Å²) in [6.45, 7) is 1.97. The summed E-state index contributed by atoms with van der Waals surface area (Å²) in [5.41, 5.74) is 1.82. The molecule has 4 rings (SSSR count). The minimum Gasteiger partial charge on any atom is -0.496 e. The van der Waals surface area contributed by atoms with Crippen LogP contribution in [0.4, 0.5) is 10.5 Å². The van der Waals surface area contributed by atoms with Crippen LogP contribution in [0.15, 0.2) is 39.7 Å². The monoisotopic (exact) mass is 456 g/mol. The highest BCUT2D eigenvalue weighted by Gasteiger charge is 2.36. The summed E-state index contributed by atoms with van der Waals surface area (Å²) in [5.74, 6) is -0.0573. The number of amides is 2. The smallest absolute Gasteiger partial charge is 0.373 e. The molecule has 0 aliphatic carbocycles. The maximum Gasteiger partial charge on any atom is 0.373 e. The van der Waals surface area contributed by atoms with Crippen LogP contribution in [-0.4, -0.2) is 49.3 Å². The van der Waals surface area contributed by atoms with Crippen LogP contribution in [0.2, 0.25) is 0 Å². The molecule has 2 aliphatic heterocycles. The highest BCUT2D eigenvalue weighted by Crippen LogP contribution is 2.36. The minimum atomic E-state index is -0.620. The zero-order valence-corrected chi connectivity index (χ0v) is 18.8. The van der Waals surface area contributed by atoms with Crippen LogP contribution in [-0.2, 0) is 16.1 Å². The second-order valence-corrected chi connectivity index (χ2v) is 8.49. The fourth-order valence-electron chi connectivity index (χ4n) is 3.77. The van der Waals surface area contributed by atoms with Crippen LogP contribution in [0, 0.1) is 0 Å². The number of piperidine rings is 1. The lowest BCUT2D eigenvalue weighted by Gasteiger charge is -2.29. The molecule has 0 unspecified atom stereocenters. The predicted molar refractivity (Wildman–Crippen MR) is 121 cm³/mol. The van der Waals surface area contributed by atoms with Gasteiger partial charge in [0.05, 0.1) is 25.7 Å². The Hall–Kier alpha value is -3.20. The van der Waals surface area contributed by atoms with Gasteiger partial charge in [-0.05, 0) is 61.4 Å². The van der Waals surface area contributed by atoms with Crippen molar-refractivity contribution in [2.75, 3.05) is 32.2 Å². The molecule has 2 aromatic rings. The van der Waals surface area contributed by atoms with Crippen molar-refractivity contribution in [1.82, 2.24) is 4.90 Å². The van der Waals surface area contributed by atoms with Gasteiger partial charge in [0.25, 0.3) is 11.1 Å². The molecule has 2 aliphatic rings. The van der Waals surface area contributed by atoms with Gasteiger partial charge in [0.2, 0.25) is 5.76 Å². The Bertz CT molecular complexity index is 1070. The number of imide groups is 1. The number of esters is 1. The van der Waals surface area contributed by atoms with E-state index in [1.165, 1.54) is 32.4 Å². The quantitative estimate of drug-likeness (QED) is 0.470. The van der Waals surface area contributed by atoms with Crippen LogP contribution in [0.25, 0.3) is 6.08 Å². The van der Waals surface area contributed by atoms with E-state index in [-0.39, 0.29) is 12.3 Å². The maximum atomic E-state index is 12.9. The average molecular weight is 457 g/mol. The molecule has 168 valence electrons. The average Bonchev–Trinajstić information content (AvgIpc) is 3.40. The molecule has 0 atom stereocenters. The SMILES string of the molecule is COC(=O)c1ccc(CN2C(=O)S/C(=C/c3ccc(N4CCCCC4)cc3OC)C2=O)o1. The zero-order chi connectivity index (χ0) is 22.7. The number of nitrogens with zero attached hydrogens (tertiary/aromatic N) is 2. The predicted octanol–water partition coefficient (Wildman–Crippen LogP) is 4.30. The molecule has 1 aromatic carbocycles. The van der Waals surface area contributed by atoms with Crippen molar-refractivity contribution in [2.24, 2.45) is 0 Å². The molecule has 9 heteroatoms. The molecule has 0 saturated carbocycles. The third-order valence-corrected chi connectivity index (χ3v) is 6.37. The van der Waals surface area contributed by atoms with Crippen molar-refractivity contribution < 1.29 is 28.3 Å². The summed E-state index contributed by atoms with van der Waals surface area (Å²) >= 11 is 0.864. The standard InChI is InChI=1S/C23H24N2O6S/c1-29-19-13-16(24-10-4-3-5-11-24)7-6-15(19)12-20-21(26)25(23(28)32-20)14-17-8-9-18(31-17)22(27)30-2/h6-9,12-13H,3-5,10-11,14H2,1-2H3/b20-12+. The molecule has 8 nitrogen and oxygen atoms in total.